The lowest BCUT2D eigenvalue weighted by Gasteiger charge is -2.34. The lowest BCUT2D eigenvalue weighted by Crippen LogP contribution is -2.53. The number of sulfonamides is 1. The molecule has 37 heavy (non-hydrogen) atoms. The topological polar surface area (TPSA) is 130 Å². The molecule has 1 atom stereocenters. The number of carbonyl (C=O) groups excluding carboxylic acids is 2. The fourth-order valence-corrected chi connectivity index (χ4v) is 5.46. The van der Waals surface area contributed by atoms with Crippen molar-refractivity contribution in [2.75, 3.05) is 17.1 Å². The van der Waals surface area contributed by atoms with Crippen LogP contribution in [-0.2, 0) is 26.2 Å². The van der Waals surface area contributed by atoms with Gasteiger partial charge in [-0.3, -0.25) is 24.0 Å². The Labute approximate surface area is 217 Å². The van der Waals surface area contributed by atoms with E-state index in [0.717, 1.165) is 54.3 Å². The Morgan fingerprint density at radius 1 is 1.08 bits per heavy atom. The minimum Gasteiger partial charge on any atom is -0.352 e. The number of carbonyl (C=O) groups is 2. The van der Waals surface area contributed by atoms with E-state index in [4.69, 9.17) is 0 Å². The second-order valence-electron chi connectivity index (χ2n) is 9.32. The lowest BCUT2D eigenvalue weighted by molar-refractivity contribution is -0.384. The van der Waals surface area contributed by atoms with Gasteiger partial charge in [0.2, 0.25) is 21.8 Å². The van der Waals surface area contributed by atoms with E-state index >= 15 is 0 Å². The van der Waals surface area contributed by atoms with Gasteiger partial charge in [0.1, 0.15) is 12.6 Å². The van der Waals surface area contributed by atoms with Crippen molar-refractivity contribution in [3.05, 3.63) is 70.3 Å². The number of rotatable bonds is 11. The summed E-state index contributed by atoms with van der Waals surface area (Å²) < 4.78 is 26.2. The van der Waals surface area contributed by atoms with Gasteiger partial charge in [0.15, 0.2) is 0 Å². The molecule has 1 N–H and O–H groups in total. The quantitative estimate of drug-likeness (QED) is 0.349. The molecule has 10 nitrogen and oxygen atoms in total. The molecule has 0 aliphatic heterocycles. The van der Waals surface area contributed by atoms with Crippen LogP contribution in [0.15, 0.2) is 54.6 Å². The highest BCUT2D eigenvalue weighted by Crippen LogP contribution is 2.24. The van der Waals surface area contributed by atoms with Crippen LogP contribution in [0.25, 0.3) is 0 Å². The van der Waals surface area contributed by atoms with E-state index in [9.17, 15) is 28.1 Å². The fourth-order valence-electron chi connectivity index (χ4n) is 4.62. The summed E-state index contributed by atoms with van der Waals surface area (Å²) in [6.07, 6.45) is 6.29. The van der Waals surface area contributed by atoms with Crippen molar-refractivity contribution in [2.24, 2.45) is 0 Å². The van der Waals surface area contributed by atoms with Gasteiger partial charge in [0.05, 0.1) is 16.9 Å². The normalized spacial score (nSPS) is 15.0. The van der Waals surface area contributed by atoms with E-state index in [1.54, 1.807) is 0 Å². The van der Waals surface area contributed by atoms with Crippen molar-refractivity contribution in [1.29, 1.82) is 0 Å². The molecule has 0 aromatic heterocycles. The van der Waals surface area contributed by atoms with Crippen molar-refractivity contribution in [1.82, 2.24) is 10.2 Å². The number of nitro benzene ring substituents is 1. The molecule has 0 spiro atoms. The van der Waals surface area contributed by atoms with Crippen LogP contribution in [0.1, 0.15) is 51.0 Å². The monoisotopic (exact) mass is 530 g/mol. The van der Waals surface area contributed by atoms with Crippen molar-refractivity contribution < 1.29 is 22.9 Å². The molecule has 2 aromatic rings. The highest BCUT2D eigenvalue weighted by atomic mass is 32.2. The summed E-state index contributed by atoms with van der Waals surface area (Å²) in [6.45, 7) is 1.33. The number of nitrogens with one attached hydrogen (secondary N) is 1. The first-order valence-electron chi connectivity index (χ1n) is 12.5. The van der Waals surface area contributed by atoms with E-state index in [1.165, 1.54) is 23.1 Å². The summed E-state index contributed by atoms with van der Waals surface area (Å²) in [5.74, 6) is -0.841. The molecule has 0 heterocycles. The van der Waals surface area contributed by atoms with Gasteiger partial charge in [-0.15, -0.1) is 0 Å². The second-order valence-corrected chi connectivity index (χ2v) is 11.2. The predicted octanol–water partition coefficient (Wildman–Crippen LogP) is 3.62. The molecule has 1 aliphatic rings. The van der Waals surface area contributed by atoms with Gasteiger partial charge in [-0.1, -0.05) is 62.6 Å². The van der Waals surface area contributed by atoms with Gasteiger partial charge >= 0.3 is 0 Å². The third kappa shape index (κ3) is 7.75. The molecule has 1 saturated carbocycles. The number of hydrogen-bond donors (Lipinski definition) is 1. The first-order valence-corrected chi connectivity index (χ1v) is 14.3. The third-order valence-corrected chi connectivity index (χ3v) is 7.68. The number of benzene rings is 2. The van der Waals surface area contributed by atoms with Crippen LogP contribution in [0.3, 0.4) is 0 Å². The van der Waals surface area contributed by atoms with Gasteiger partial charge in [0.25, 0.3) is 5.69 Å². The first-order chi connectivity index (χ1) is 17.6. The molecule has 0 radical (unpaired) electrons. The number of nitrogens with zero attached hydrogens (tertiary/aromatic N) is 3. The van der Waals surface area contributed by atoms with Crippen LogP contribution in [-0.4, -0.2) is 54.9 Å². The number of nitro groups is 1. The summed E-state index contributed by atoms with van der Waals surface area (Å²) in [6, 6.07) is 13.5. The SMILES string of the molecule is CC[C@H](C(=O)NC1CCCCC1)N(Cc1ccccc1)C(=O)CN(c1cccc([N+](=O)[O-])c1)S(C)(=O)=O. The van der Waals surface area contributed by atoms with Gasteiger partial charge in [-0.05, 0) is 30.9 Å². The molecule has 200 valence electrons. The Kier molecular flexibility index (Phi) is 9.62. The standard InChI is InChI=1S/C26H34N4O6S/c1-3-24(26(32)27-21-13-8-5-9-14-21)28(18-20-11-6-4-7-12-20)25(31)19-29(37(2,35)36)22-15-10-16-23(17-22)30(33)34/h4,6-7,10-12,15-17,21,24H,3,5,8-9,13-14,18-19H2,1-2H3,(H,27,32)/t24-/m1/s1. The smallest absolute Gasteiger partial charge is 0.271 e. The third-order valence-electron chi connectivity index (χ3n) is 6.54. The fraction of sp³-hybridized carbons (Fsp3) is 0.462. The van der Waals surface area contributed by atoms with Crippen LogP contribution in [0, 0.1) is 10.1 Å². The molecule has 1 fully saturated rings. The van der Waals surface area contributed by atoms with Gasteiger partial charge in [-0.2, -0.15) is 0 Å². The molecule has 2 amide bonds. The minimum absolute atomic E-state index is 0.00409. The van der Waals surface area contributed by atoms with E-state index in [-0.39, 0.29) is 29.9 Å². The lowest BCUT2D eigenvalue weighted by atomic mass is 9.95. The molecule has 0 unspecified atom stereocenters. The maximum atomic E-state index is 13.7. The molecule has 0 saturated heterocycles. The maximum absolute atomic E-state index is 13.7. The molecule has 2 aromatic carbocycles. The van der Waals surface area contributed by atoms with E-state index in [2.05, 4.69) is 5.32 Å². The Bertz CT molecular complexity index is 1200. The average Bonchev–Trinajstić information content (AvgIpc) is 2.87. The summed E-state index contributed by atoms with van der Waals surface area (Å²) >= 11 is 0. The molecule has 1 aliphatic carbocycles. The van der Waals surface area contributed by atoms with E-state index in [1.807, 2.05) is 37.3 Å². The molecule has 0 bridgehead atoms. The number of hydrogen-bond acceptors (Lipinski definition) is 6. The van der Waals surface area contributed by atoms with Gasteiger partial charge in [-0.25, -0.2) is 8.42 Å². The molecule has 11 heteroatoms. The Balaban J connectivity index is 1.91. The summed E-state index contributed by atoms with van der Waals surface area (Å²) in [7, 11) is -3.97. The highest BCUT2D eigenvalue weighted by Gasteiger charge is 2.33. The summed E-state index contributed by atoms with van der Waals surface area (Å²) in [4.78, 5) is 39.1. The zero-order valence-corrected chi connectivity index (χ0v) is 22.0. The first kappa shape index (κ1) is 28.1. The van der Waals surface area contributed by atoms with Crippen LogP contribution < -0.4 is 9.62 Å². The van der Waals surface area contributed by atoms with Crippen LogP contribution >= 0.6 is 0 Å². The van der Waals surface area contributed by atoms with E-state index < -0.39 is 33.4 Å². The largest absolute Gasteiger partial charge is 0.352 e. The average molecular weight is 531 g/mol. The highest BCUT2D eigenvalue weighted by molar-refractivity contribution is 7.92. The molecular weight excluding hydrogens is 496 g/mol. The van der Waals surface area contributed by atoms with E-state index in [0.29, 0.717) is 6.42 Å². The number of amides is 2. The molecular formula is C26H34N4O6S. The van der Waals surface area contributed by atoms with Crippen molar-refractivity contribution in [3.63, 3.8) is 0 Å². The van der Waals surface area contributed by atoms with Crippen LogP contribution in [0.4, 0.5) is 11.4 Å². The Morgan fingerprint density at radius 3 is 2.35 bits per heavy atom. The zero-order chi connectivity index (χ0) is 27.0. The maximum Gasteiger partial charge on any atom is 0.271 e. The van der Waals surface area contributed by atoms with Gasteiger partial charge in [0, 0.05) is 24.7 Å². The minimum atomic E-state index is -3.97. The number of anilines is 1. The Morgan fingerprint density at radius 2 is 1.76 bits per heavy atom. The molecule has 3 rings (SSSR count). The number of non-ortho nitro benzene ring substituents is 1. The van der Waals surface area contributed by atoms with Crippen molar-refractivity contribution in [2.45, 2.75) is 64.1 Å². The van der Waals surface area contributed by atoms with Crippen LogP contribution in [0.5, 0.6) is 0 Å². The Hall–Kier alpha value is -3.47. The van der Waals surface area contributed by atoms with Crippen LogP contribution in [0.2, 0.25) is 0 Å². The van der Waals surface area contributed by atoms with Crippen molar-refractivity contribution in [3.8, 4) is 0 Å². The zero-order valence-electron chi connectivity index (χ0n) is 21.2. The predicted molar refractivity (Wildman–Crippen MR) is 141 cm³/mol. The van der Waals surface area contributed by atoms with Gasteiger partial charge < -0.3 is 10.2 Å². The summed E-state index contributed by atoms with van der Waals surface area (Å²) in [5, 5.41) is 14.3. The van der Waals surface area contributed by atoms with Crippen molar-refractivity contribution >= 4 is 33.2 Å². The summed E-state index contributed by atoms with van der Waals surface area (Å²) in [5.41, 5.74) is 0.503. The second kappa shape index (κ2) is 12.7.